The first-order chi connectivity index (χ1) is 19.4. The summed E-state index contributed by atoms with van der Waals surface area (Å²) in [4.78, 5) is 33.1. The molecule has 0 aliphatic heterocycles. The van der Waals surface area contributed by atoms with Gasteiger partial charge in [0, 0.05) is 12.8 Å². The zero-order valence-electron chi connectivity index (χ0n) is 26.7. The second-order valence-corrected chi connectivity index (χ2v) is 10.7. The van der Waals surface area contributed by atoms with E-state index < -0.39 is 12.1 Å². The molecule has 7 nitrogen and oxygen atoms in total. The van der Waals surface area contributed by atoms with E-state index in [9.17, 15) is 14.4 Å². The molecule has 1 N–H and O–H groups in total. The molecule has 40 heavy (non-hydrogen) atoms. The molecule has 0 aromatic rings. The van der Waals surface area contributed by atoms with Crippen LogP contribution >= 0.6 is 0 Å². The van der Waals surface area contributed by atoms with E-state index in [0.29, 0.717) is 32.7 Å². The zero-order chi connectivity index (χ0) is 30.1. The van der Waals surface area contributed by atoms with E-state index >= 15 is 0 Å². The highest BCUT2D eigenvalue weighted by atomic mass is 16.5. The van der Waals surface area contributed by atoms with E-state index in [-0.39, 0.29) is 11.9 Å². The molecule has 0 aromatic heterocycles. The summed E-state index contributed by atoms with van der Waals surface area (Å²) in [5.74, 6) is -0.700. The standard InChI is InChI=1S/C19H38O3.C14H26O4/c1-3-4-5-6-7-8-9-10-11-12-13-14-15-16-17-22-19(21)18(2)20;1-3-17-13(15)11-9-7-5-6-8-10-12-14(16)18-4-2/h18,20H,3-17H2,1-2H3;3-12H2,1-2H3. The maximum absolute atomic E-state index is 11.0. The molecule has 0 aliphatic rings. The van der Waals surface area contributed by atoms with Gasteiger partial charge in [0.2, 0.25) is 0 Å². The Kier molecular flexibility index (Phi) is 34.0. The maximum atomic E-state index is 11.0. The number of aliphatic hydroxyl groups excluding tert-OH is 1. The molecule has 0 amide bonds. The number of hydrogen-bond acceptors (Lipinski definition) is 7. The largest absolute Gasteiger partial charge is 0.466 e. The zero-order valence-corrected chi connectivity index (χ0v) is 26.7. The fourth-order valence-electron chi connectivity index (χ4n) is 4.30. The van der Waals surface area contributed by atoms with Crippen LogP contribution < -0.4 is 0 Å². The summed E-state index contributed by atoms with van der Waals surface area (Å²) in [6, 6.07) is 0. The molecule has 0 aliphatic carbocycles. The lowest BCUT2D eigenvalue weighted by molar-refractivity contribution is -0.152. The summed E-state index contributed by atoms with van der Waals surface area (Å²) in [7, 11) is 0. The van der Waals surface area contributed by atoms with E-state index in [1.54, 1.807) is 0 Å². The minimum Gasteiger partial charge on any atom is -0.466 e. The molecule has 0 rings (SSSR count). The van der Waals surface area contributed by atoms with Gasteiger partial charge in [-0.15, -0.1) is 0 Å². The Morgan fingerprint density at radius 2 is 0.825 bits per heavy atom. The Morgan fingerprint density at radius 3 is 1.15 bits per heavy atom. The maximum Gasteiger partial charge on any atom is 0.334 e. The molecule has 7 heteroatoms. The fourth-order valence-corrected chi connectivity index (χ4v) is 4.30. The number of aliphatic hydroxyl groups is 1. The van der Waals surface area contributed by atoms with Crippen molar-refractivity contribution in [1.82, 2.24) is 0 Å². The van der Waals surface area contributed by atoms with Gasteiger partial charge in [-0.3, -0.25) is 9.59 Å². The van der Waals surface area contributed by atoms with Crippen molar-refractivity contribution in [2.75, 3.05) is 19.8 Å². The van der Waals surface area contributed by atoms with Gasteiger partial charge >= 0.3 is 17.9 Å². The topological polar surface area (TPSA) is 99.1 Å². The van der Waals surface area contributed by atoms with Crippen molar-refractivity contribution < 1.29 is 33.7 Å². The number of hydrogen-bond donors (Lipinski definition) is 1. The number of rotatable bonds is 27. The van der Waals surface area contributed by atoms with Crippen LogP contribution in [0.2, 0.25) is 0 Å². The van der Waals surface area contributed by atoms with Crippen LogP contribution in [0.1, 0.15) is 169 Å². The van der Waals surface area contributed by atoms with Crippen LogP contribution in [0.4, 0.5) is 0 Å². The van der Waals surface area contributed by atoms with Crippen molar-refractivity contribution >= 4 is 17.9 Å². The van der Waals surface area contributed by atoms with Crippen LogP contribution in [0, 0.1) is 0 Å². The van der Waals surface area contributed by atoms with Crippen LogP contribution in [0.25, 0.3) is 0 Å². The first-order valence-electron chi connectivity index (χ1n) is 16.5. The molecular formula is C33H64O7. The Balaban J connectivity index is 0. The van der Waals surface area contributed by atoms with E-state index in [0.717, 1.165) is 51.4 Å². The van der Waals surface area contributed by atoms with Crippen LogP contribution in [-0.4, -0.2) is 48.9 Å². The van der Waals surface area contributed by atoms with Gasteiger partial charge in [0.05, 0.1) is 19.8 Å². The third-order valence-corrected chi connectivity index (χ3v) is 6.71. The molecule has 0 aromatic carbocycles. The average Bonchev–Trinajstić information content (AvgIpc) is 2.92. The third-order valence-electron chi connectivity index (χ3n) is 6.71. The predicted molar refractivity (Wildman–Crippen MR) is 163 cm³/mol. The summed E-state index contributed by atoms with van der Waals surface area (Å²) < 4.78 is 14.6. The van der Waals surface area contributed by atoms with Crippen molar-refractivity contribution in [1.29, 1.82) is 0 Å². The van der Waals surface area contributed by atoms with Gasteiger partial charge in [-0.05, 0) is 40.0 Å². The minimum absolute atomic E-state index is 0.0974. The lowest BCUT2D eigenvalue weighted by Gasteiger charge is -2.06. The van der Waals surface area contributed by atoms with Crippen molar-refractivity contribution in [2.24, 2.45) is 0 Å². The molecule has 0 radical (unpaired) electrons. The van der Waals surface area contributed by atoms with Crippen molar-refractivity contribution in [3.05, 3.63) is 0 Å². The Labute approximate surface area is 246 Å². The quantitative estimate of drug-likeness (QED) is 0.0597. The molecule has 1 unspecified atom stereocenters. The van der Waals surface area contributed by atoms with Gasteiger partial charge in [0.25, 0.3) is 0 Å². The summed E-state index contributed by atoms with van der Waals surface area (Å²) in [6.45, 7) is 8.72. The summed E-state index contributed by atoms with van der Waals surface area (Å²) in [6.07, 6.45) is 24.6. The van der Waals surface area contributed by atoms with Crippen molar-refractivity contribution in [3.63, 3.8) is 0 Å². The third kappa shape index (κ3) is 34.4. The van der Waals surface area contributed by atoms with Gasteiger partial charge in [-0.1, -0.05) is 116 Å². The molecular weight excluding hydrogens is 508 g/mol. The molecule has 0 saturated carbocycles. The lowest BCUT2D eigenvalue weighted by atomic mass is 10.0. The highest BCUT2D eigenvalue weighted by Gasteiger charge is 2.08. The van der Waals surface area contributed by atoms with Crippen LogP contribution in [0.5, 0.6) is 0 Å². The van der Waals surface area contributed by atoms with Crippen molar-refractivity contribution in [3.8, 4) is 0 Å². The van der Waals surface area contributed by atoms with E-state index in [4.69, 9.17) is 19.3 Å². The number of unbranched alkanes of at least 4 members (excludes halogenated alkanes) is 18. The second kappa shape index (κ2) is 33.6. The van der Waals surface area contributed by atoms with Crippen LogP contribution in [0.3, 0.4) is 0 Å². The van der Waals surface area contributed by atoms with E-state index in [1.165, 1.54) is 84.0 Å². The number of carbonyl (C=O) groups excluding carboxylic acids is 3. The van der Waals surface area contributed by atoms with Gasteiger partial charge in [0.15, 0.2) is 0 Å². The van der Waals surface area contributed by atoms with Gasteiger partial charge in [-0.25, -0.2) is 4.79 Å². The second-order valence-electron chi connectivity index (χ2n) is 10.7. The molecule has 238 valence electrons. The molecule has 0 spiro atoms. The monoisotopic (exact) mass is 572 g/mol. The number of esters is 3. The first-order valence-corrected chi connectivity index (χ1v) is 16.5. The smallest absolute Gasteiger partial charge is 0.334 e. The highest BCUT2D eigenvalue weighted by molar-refractivity contribution is 5.73. The fraction of sp³-hybridized carbons (Fsp3) is 0.909. The van der Waals surface area contributed by atoms with Gasteiger partial charge in [-0.2, -0.15) is 0 Å². The SMILES string of the molecule is CCCCCCCCCCCCCCCCOC(=O)C(C)O.CCOC(=O)CCCCCCCCC(=O)OCC. The van der Waals surface area contributed by atoms with E-state index in [2.05, 4.69) is 6.92 Å². The Bertz CT molecular complexity index is 539. The van der Waals surface area contributed by atoms with Gasteiger partial charge in [0.1, 0.15) is 6.10 Å². The molecule has 0 saturated heterocycles. The van der Waals surface area contributed by atoms with Gasteiger partial charge < -0.3 is 19.3 Å². The summed E-state index contributed by atoms with van der Waals surface area (Å²) in [5.41, 5.74) is 0. The number of carbonyl (C=O) groups is 3. The lowest BCUT2D eigenvalue weighted by Crippen LogP contribution is -2.19. The molecule has 0 bridgehead atoms. The van der Waals surface area contributed by atoms with Crippen molar-refractivity contribution in [2.45, 2.75) is 175 Å². The molecule has 1 atom stereocenters. The predicted octanol–water partition coefficient (Wildman–Crippen LogP) is 8.63. The molecule has 0 heterocycles. The Morgan fingerprint density at radius 1 is 0.500 bits per heavy atom. The molecule has 0 fully saturated rings. The first kappa shape index (κ1) is 40.5. The summed E-state index contributed by atoms with van der Waals surface area (Å²) >= 11 is 0. The minimum atomic E-state index is -0.994. The van der Waals surface area contributed by atoms with E-state index in [1.807, 2.05) is 13.8 Å². The van der Waals surface area contributed by atoms with Crippen LogP contribution in [0.15, 0.2) is 0 Å². The average molecular weight is 573 g/mol. The normalized spacial score (nSPS) is 11.3. The summed E-state index contributed by atoms with van der Waals surface area (Å²) in [5, 5.41) is 8.96. The highest BCUT2D eigenvalue weighted by Crippen LogP contribution is 2.13. The van der Waals surface area contributed by atoms with Crippen LogP contribution in [-0.2, 0) is 28.6 Å². The Hall–Kier alpha value is -1.63. The number of ether oxygens (including phenoxy) is 3.